The Kier molecular flexibility index (Phi) is 3.03. The lowest BCUT2D eigenvalue weighted by Gasteiger charge is -2.05. The topological polar surface area (TPSA) is 9.23 Å². The number of hydrogen-bond acceptors (Lipinski definition) is 1. The Balaban J connectivity index is 3.24. The van der Waals surface area contributed by atoms with Crippen molar-refractivity contribution in [2.45, 2.75) is 5.33 Å². The molecule has 1 aromatic rings. The minimum atomic E-state index is -0.644. The lowest BCUT2D eigenvalue weighted by Crippen LogP contribution is -1.96. The van der Waals surface area contributed by atoms with Gasteiger partial charge >= 0.3 is 0 Å². The van der Waals surface area contributed by atoms with Crippen molar-refractivity contribution in [3.63, 3.8) is 0 Å². The van der Waals surface area contributed by atoms with Crippen molar-refractivity contribution in [2.24, 2.45) is 0 Å². The molecule has 0 unspecified atom stereocenters. The average molecular weight is 237 g/mol. The highest BCUT2D eigenvalue weighted by Crippen LogP contribution is 2.24. The van der Waals surface area contributed by atoms with Crippen LogP contribution in [0.4, 0.5) is 8.78 Å². The Morgan fingerprint density at radius 2 is 2.08 bits per heavy atom. The summed E-state index contributed by atoms with van der Waals surface area (Å²) in [5.41, 5.74) is -0.00523. The fourth-order valence-corrected chi connectivity index (χ4v) is 1.37. The minimum Gasteiger partial charge on any atom is -0.494 e. The zero-order valence-electron chi connectivity index (χ0n) is 6.40. The zero-order chi connectivity index (χ0) is 9.14. The summed E-state index contributed by atoms with van der Waals surface area (Å²) in [6.07, 6.45) is 0. The molecular weight excluding hydrogens is 230 g/mol. The van der Waals surface area contributed by atoms with Crippen molar-refractivity contribution in [3.05, 3.63) is 29.3 Å². The van der Waals surface area contributed by atoms with Gasteiger partial charge in [-0.3, -0.25) is 0 Å². The van der Waals surface area contributed by atoms with Crippen molar-refractivity contribution in [1.29, 1.82) is 0 Å². The molecule has 0 heterocycles. The molecule has 0 aliphatic rings. The molecule has 0 radical (unpaired) electrons. The summed E-state index contributed by atoms with van der Waals surface area (Å²) < 4.78 is 30.7. The maximum absolute atomic E-state index is 13.1. The predicted octanol–water partition coefficient (Wildman–Crippen LogP) is 2.87. The minimum absolute atomic E-state index is 0.00523. The van der Waals surface area contributed by atoms with E-state index in [4.69, 9.17) is 0 Å². The second-order valence-corrected chi connectivity index (χ2v) is 2.74. The van der Waals surface area contributed by atoms with Gasteiger partial charge in [0.25, 0.3) is 0 Å². The van der Waals surface area contributed by atoms with Crippen LogP contribution >= 0.6 is 15.9 Å². The van der Waals surface area contributed by atoms with E-state index >= 15 is 0 Å². The molecule has 66 valence electrons. The van der Waals surface area contributed by atoms with E-state index in [9.17, 15) is 8.78 Å². The first-order valence-electron chi connectivity index (χ1n) is 3.27. The first kappa shape index (κ1) is 9.45. The normalized spacial score (nSPS) is 10.0. The molecule has 0 aromatic heterocycles. The van der Waals surface area contributed by atoms with Gasteiger partial charge in [0.15, 0.2) is 11.6 Å². The van der Waals surface area contributed by atoms with Crippen molar-refractivity contribution < 1.29 is 13.5 Å². The van der Waals surface area contributed by atoms with Crippen LogP contribution in [0.3, 0.4) is 0 Å². The fraction of sp³-hybridized carbons (Fsp3) is 0.250. The molecule has 0 aliphatic heterocycles. The smallest absolute Gasteiger partial charge is 0.172 e. The maximum atomic E-state index is 13.1. The largest absolute Gasteiger partial charge is 0.494 e. The SMILES string of the molecule is COc1ccc(F)c(CBr)c1F. The number of hydrogen-bond donors (Lipinski definition) is 0. The summed E-state index contributed by atoms with van der Waals surface area (Å²) >= 11 is 2.99. The number of alkyl halides is 1. The molecule has 0 aliphatic carbocycles. The van der Waals surface area contributed by atoms with E-state index in [0.29, 0.717) is 0 Å². The van der Waals surface area contributed by atoms with Gasteiger partial charge in [-0.1, -0.05) is 15.9 Å². The molecule has 4 heteroatoms. The van der Waals surface area contributed by atoms with E-state index < -0.39 is 11.6 Å². The van der Waals surface area contributed by atoms with Gasteiger partial charge < -0.3 is 4.74 Å². The maximum Gasteiger partial charge on any atom is 0.172 e. The van der Waals surface area contributed by atoms with Crippen LogP contribution in [0.2, 0.25) is 0 Å². The molecular formula is C8H7BrF2O. The Hall–Kier alpha value is -0.640. The van der Waals surface area contributed by atoms with Crippen molar-refractivity contribution >= 4 is 15.9 Å². The van der Waals surface area contributed by atoms with Gasteiger partial charge in [-0.2, -0.15) is 0 Å². The van der Waals surface area contributed by atoms with Crippen LogP contribution in [-0.2, 0) is 5.33 Å². The third-order valence-electron chi connectivity index (χ3n) is 1.50. The van der Waals surface area contributed by atoms with Gasteiger partial charge in [0.2, 0.25) is 0 Å². The molecule has 0 fully saturated rings. The monoisotopic (exact) mass is 236 g/mol. The van der Waals surface area contributed by atoms with Gasteiger partial charge in [-0.25, -0.2) is 8.78 Å². The zero-order valence-corrected chi connectivity index (χ0v) is 7.99. The van der Waals surface area contributed by atoms with E-state index in [1.165, 1.54) is 19.2 Å². The van der Waals surface area contributed by atoms with Crippen LogP contribution < -0.4 is 4.74 Å². The fourth-order valence-electron chi connectivity index (χ4n) is 0.856. The standard InChI is InChI=1S/C8H7BrF2O/c1-12-7-3-2-6(10)5(4-9)8(7)11/h2-3H,4H2,1H3. The summed E-state index contributed by atoms with van der Waals surface area (Å²) in [4.78, 5) is 0. The third-order valence-corrected chi connectivity index (χ3v) is 2.06. The van der Waals surface area contributed by atoms with Gasteiger partial charge in [0, 0.05) is 10.9 Å². The van der Waals surface area contributed by atoms with Crippen molar-refractivity contribution in [3.8, 4) is 5.75 Å². The Morgan fingerprint density at radius 1 is 1.42 bits per heavy atom. The number of rotatable bonds is 2. The third kappa shape index (κ3) is 1.58. The molecule has 0 spiro atoms. The summed E-state index contributed by atoms with van der Waals surface area (Å²) in [7, 11) is 1.34. The molecule has 0 atom stereocenters. The van der Waals surface area contributed by atoms with E-state index in [2.05, 4.69) is 20.7 Å². The van der Waals surface area contributed by atoms with Gasteiger partial charge in [0.1, 0.15) is 5.82 Å². The second kappa shape index (κ2) is 3.85. The Labute approximate surface area is 77.5 Å². The summed E-state index contributed by atoms with van der Waals surface area (Å²) in [5.74, 6) is -1.15. The lowest BCUT2D eigenvalue weighted by atomic mass is 10.2. The van der Waals surface area contributed by atoms with Crippen LogP contribution in [-0.4, -0.2) is 7.11 Å². The van der Waals surface area contributed by atoms with Crippen LogP contribution in [0.25, 0.3) is 0 Å². The first-order chi connectivity index (χ1) is 5.70. The van der Waals surface area contributed by atoms with Crippen LogP contribution in [0.5, 0.6) is 5.75 Å². The lowest BCUT2D eigenvalue weighted by molar-refractivity contribution is 0.382. The molecule has 0 N–H and O–H groups in total. The molecule has 1 aromatic carbocycles. The van der Waals surface area contributed by atoms with Gasteiger partial charge in [0.05, 0.1) is 7.11 Å². The number of benzene rings is 1. The van der Waals surface area contributed by atoms with E-state index in [0.717, 1.165) is 0 Å². The van der Waals surface area contributed by atoms with Crippen molar-refractivity contribution in [2.75, 3.05) is 7.11 Å². The average Bonchev–Trinajstić information content (AvgIpc) is 2.06. The summed E-state index contributed by atoms with van der Waals surface area (Å²) in [6, 6.07) is 2.44. The number of ether oxygens (including phenoxy) is 1. The number of methoxy groups -OCH3 is 1. The number of halogens is 3. The molecule has 0 saturated heterocycles. The van der Waals surface area contributed by atoms with E-state index in [1.807, 2.05) is 0 Å². The summed E-state index contributed by atoms with van der Waals surface area (Å²) in [5, 5.41) is 0.141. The summed E-state index contributed by atoms with van der Waals surface area (Å²) in [6.45, 7) is 0. The quantitative estimate of drug-likeness (QED) is 0.718. The highest BCUT2D eigenvalue weighted by molar-refractivity contribution is 9.08. The molecule has 1 nitrogen and oxygen atoms in total. The van der Waals surface area contributed by atoms with E-state index in [-0.39, 0.29) is 16.6 Å². The second-order valence-electron chi connectivity index (χ2n) is 2.18. The van der Waals surface area contributed by atoms with Gasteiger partial charge in [-0.15, -0.1) is 0 Å². The molecule has 0 saturated carbocycles. The van der Waals surface area contributed by atoms with Crippen molar-refractivity contribution in [1.82, 2.24) is 0 Å². The van der Waals surface area contributed by atoms with Gasteiger partial charge in [-0.05, 0) is 12.1 Å². The molecule has 0 amide bonds. The van der Waals surface area contributed by atoms with Crippen LogP contribution in [0.1, 0.15) is 5.56 Å². The Bertz CT molecular complexity index is 289. The highest BCUT2D eigenvalue weighted by atomic mass is 79.9. The molecule has 1 rings (SSSR count). The Morgan fingerprint density at radius 3 is 2.58 bits per heavy atom. The van der Waals surface area contributed by atoms with Crippen LogP contribution in [0.15, 0.2) is 12.1 Å². The molecule has 12 heavy (non-hydrogen) atoms. The highest BCUT2D eigenvalue weighted by Gasteiger charge is 2.12. The first-order valence-corrected chi connectivity index (χ1v) is 4.39. The molecule has 0 bridgehead atoms. The predicted molar refractivity (Wildman–Crippen MR) is 45.5 cm³/mol. The van der Waals surface area contributed by atoms with Crippen LogP contribution in [0, 0.1) is 11.6 Å². The van der Waals surface area contributed by atoms with E-state index in [1.54, 1.807) is 0 Å².